The molecule has 142 valence electrons. The Hall–Kier alpha value is -2.81. The van der Waals surface area contributed by atoms with Crippen LogP contribution in [0.2, 0.25) is 0 Å². The van der Waals surface area contributed by atoms with Crippen molar-refractivity contribution >= 4 is 34.8 Å². The highest BCUT2D eigenvalue weighted by Crippen LogP contribution is 2.29. The van der Waals surface area contributed by atoms with Gasteiger partial charge in [-0.15, -0.1) is 11.3 Å². The van der Waals surface area contributed by atoms with Crippen molar-refractivity contribution in [3.8, 4) is 0 Å². The molecule has 1 fully saturated rings. The highest BCUT2D eigenvalue weighted by molar-refractivity contribution is 7.10. The van der Waals surface area contributed by atoms with Crippen LogP contribution >= 0.6 is 11.3 Å². The summed E-state index contributed by atoms with van der Waals surface area (Å²) in [5.41, 5.74) is -0.0861. The van der Waals surface area contributed by atoms with Crippen molar-refractivity contribution in [2.75, 3.05) is 11.4 Å². The molecule has 3 rings (SSSR count). The van der Waals surface area contributed by atoms with Crippen molar-refractivity contribution in [3.05, 3.63) is 52.2 Å². The molecule has 1 saturated heterocycles. The number of amides is 2. The Bertz CT molecular complexity index is 872. The van der Waals surface area contributed by atoms with E-state index in [2.05, 4.69) is 5.32 Å². The van der Waals surface area contributed by atoms with Crippen LogP contribution in [0.15, 0.2) is 35.7 Å². The van der Waals surface area contributed by atoms with E-state index in [-0.39, 0.29) is 25.1 Å². The number of hydrogen-bond donors (Lipinski definition) is 2. The number of carbonyl (C=O) groups is 3. The second-order valence-corrected chi connectivity index (χ2v) is 7.15. The molecule has 6 nitrogen and oxygen atoms in total. The first-order valence-electron chi connectivity index (χ1n) is 8.16. The summed E-state index contributed by atoms with van der Waals surface area (Å²) in [6, 6.07) is 5.63. The van der Waals surface area contributed by atoms with Crippen molar-refractivity contribution in [1.82, 2.24) is 5.32 Å². The van der Waals surface area contributed by atoms with Crippen LogP contribution in [0.1, 0.15) is 23.8 Å². The lowest BCUT2D eigenvalue weighted by Crippen LogP contribution is -2.36. The summed E-state index contributed by atoms with van der Waals surface area (Å²) < 4.78 is 27.0. The summed E-state index contributed by atoms with van der Waals surface area (Å²) in [4.78, 5) is 37.7. The number of nitrogens with one attached hydrogen (secondary N) is 1. The van der Waals surface area contributed by atoms with E-state index >= 15 is 0 Å². The molecule has 1 aromatic heterocycles. The fraction of sp³-hybridized carbons (Fsp3) is 0.278. The maximum atomic E-state index is 13.9. The van der Waals surface area contributed by atoms with Crippen LogP contribution in [-0.2, 0) is 14.4 Å². The lowest BCUT2D eigenvalue weighted by molar-refractivity contribution is -0.138. The molecule has 2 heterocycles. The lowest BCUT2D eigenvalue weighted by Gasteiger charge is -2.19. The van der Waals surface area contributed by atoms with Crippen molar-refractivity contribution < 1.29 is 28.3 Å². The van der Waals surface area contributed by atoms with Crippen LogP contribution in [0.4, 0.5) is 14.5 Å². The van der Waals surface area contributed by atoms with Crippen LogP contribution < -0.4 is 10.2 Å². The van der Waals surface area contributed by atoms with Gasteiger partial charge in [-0.1, -0.05) is 6.07 Å². The number of benzene rings is 1. The Labute approximate surface area is 157 Å². The third-order valence-corrected chi connectivity index (χ3v) is 5.26. The number of carboxylic acids is 1. The standard InChI is InChI=1S/C18H16F2N2O4S/c19-11-3-4-14(12(20)7-11)22-9-10(6-16(22)23)18(26)21-13(8-17(24)25)15-2-1-5-27-15/h1-5,7,10,13H,6,8-9H2,(H,21,26)(H,24,25)/t10-,13-/m1/s1. The first-order valence-corrected chi connectivity index (χ1v) is 9.04. The number of carboxylic acid groups (broad SMARTS) is 1. The number of anilines is 1. The molecule has 0 unspecified atom stereocenters. The molecule has 9 heteroatoms. The number of nitrogens with zero attached hydrogens (tertiary/aromatic N) is 1. The molecule has 2 N–H and O–H groups in total. The van der Waals surface area contributed by atoms with E-state index in [9.17, 15) is 23.2 Å². The van der Waals surface area contributed by atoms with E-state index in [4.69, 9.17) is 5.11 Å². The molecular weight excluding hydrogens is 378 g/mol. The fourth-order valence-corrected chi connectivity index (χ4v) is 3.77. The number of hydrogen-bond acceptors (Lipinski definition) is 4. The van der Waals surface area contributed by atoms with Gasteiger partial charge >= 0.3 is 5.97 Å². The van der Waals surface area contributed by atoms with Crippen LogP contribution in [-0.4, -0.2) is 29.4 Å². The van der Waals surface area contributed by atoms with Crippen LogP contribution in [0.3, 0.4) is 0 Å². The van der Waals surface area contributed by atoms with Gasteiger partial charge in [0, 0.05) is 23.9 Å². The van der Waals surface area contributed by atoms with Gasteiger partial charge in [-0.3, -0.25) is 14.4 Å². The Morgan fingerprint density at radius 1 is 1.33 bits per heavy atom. The molecule has 0 radical (unpaired) electrons. The Balaban J connectivity index is 1.72. The average molecular weight is 394 g/mol. The van der Waals surface area contributed by atoms with E-state index in [1.807, 2.05) is 0 Å². The van der Waals surface area contributed by atoms with Gasteiger partial charge in [0.25, 0.3) is 0 Å². The highest BCUT2D eigenvalue weighted by atomic mass is 32.1. The number of rotatable bonds is 6. The molecule has 27 heavy (non-hydrogen) atoms. The van der Waals surface area contributed by atoms with Crippen molar-refractivity contribution in [1.29, 1.82) is 0 Å². The monoisotopic (exact) mass is 394 g/mol. The smallest absolute Gasteiger partial charge is 0.305 e. The zero-order valence-electron chi connectivity index (χ0n) is 14.0. The van der Waals surface area contributed by atoms with E-state index < -0.39 is 41.4 Å². The second kappa shape index (κ2) is 7.83. The lowest BCUT2D eigenvalue weighted by atomic mass is 10.1. The second-order valence-electron chi connectivity index (χ2n) is 6.18. The molecule has 1 aromatic carbocycles. The van der Waals surface area contributed by atoms with E-state index in [0.29, 0.717) is 10.9 Å². The molecule has 1 aliphatic rings. The Morgan fingerprint density at radius 3 is 2.74 bits per heavy atom. The van der Waals surface area contributed by atoms with Gasteiger partial charge in [0.2, 0.25) is 11.8 Å². The predicted octanol–water partition coefficient (Wildman–Crippen LogP) is 2.71. The van der Waals surface area contributed by atoms with Crippen molar-refractivity contribution in [2.24, 2.45) is 5.92 Å². The molecule has 2 amide bonds. The molecule has 0 aliphatic carbocycles. The largest absolute Gasteiger partial charge is 0.481 e. The molecule has 2 aromatic rings. The summed E-state index contributed by atoms with van der Waals surface area (Å²) in [6.45, 7) is -0.0581. The van der Waals surface area contributed by atoms with Crippen LogP contribution in [0, 0.1) is 17.6 Å². The third-order valence-electron chi connectivity index (χ3n) is 4.28. The molecule has 2 atom stereocenters. The van der Waals surface area contributed by atoms with Crippen LogP contribution in [0.25, 0.3) is 0 Å². The topological polar surface area (TPSA) is 86.7 Å². The summed E-state index contributed by atoms with van der Waals surface area (Å²) >= 11 is 1.32. The van der Waals surface area contributed by atoms with Gasteiger partial charge < -0.3 is 15.3 Å². The van der Waals surface area contributed by atoms with E-state index in [1.165, 1.54) is 11.3 Å². The predicted molar refractivity (Wildman–Crippen MR) is 94.3 cm³/mol. The van der Waals surface area contributed by atoms with Gasteiger partial charge in [0.1, 0.15) is 11.6 Å². The fourth-order valence-electron chi connectivity index (χ4n) is 2.99. The first-order chi connectivity index (χ1) is 12.8. The van der Waals surface area contributed by atoms with Crippen molar-refractivity contribution in [2.45, 2.75) is 18.9 Å². The first kappa shape index (κ1) is 19.0. The maximum absolute atomic E-state index is 13.9. The summed E-state index contributed by atoms with van der Waals surface area (Å²) in [7, 11) is 0. The quantitative estimate of drug-likeness (QED) is 0.789. The van der Waals surface area contributed by atoms with Gasteiger partial charge in [0.05, 0.1) is 24.1 Å². The summed E-state index contributed by atoms with van der Waals surface area (Å²) in [5.74, 6) is -4.39. The van der Waals surface area contributed by atoms with Gasteiger partial charge in [-0.2, -0.15) is 0 Å². The number of aliphatic carboxylic acids is 1. The minimum atomic E-state index is -1.06. The minimum Gasteiger partial charge on any atom is -0.481 e. The number of thiophene rings is 1. The highest BCUT2D eigenvalue weighted by Gasteiger charge is 2.37. The normalized spacial score (nSPS) is 17.8. The van der Waals surface area contributed by atoms with Crippen molar-refractivity contribution in [3.63, 3.8) is 0 Å². The third kappa shape index (κ3) is 4.30. The van der Waals surface area contributed by atoms with Gasteiger partial charge in [-0.05, 0) is 23.6 Å². The minimum absolute atomic E-state index is 0.0581. The SMILES string of the molecule is O=C(O)C[C@@H](NC(=O)[C@@H]1CC(=O)N(c2ccc(F)cc2F)C1)c1cccs1. The number of halogens is 2. The van der Waals surface area contributed by atoms with E-state index in [0.717, 1.165) is 17.0 Å². The maximum Gasteiger partial charge on any atom is 0.305 e. The summed E-state index contributed by atoms with van der Waals surface area (Å²) in [5, 5.41) is 13.5. The molecular formula is C18H16F2N2O4S. The Kier molecular flexibility index (Phi) is 5.50. The molecule has 0 bridgehead atoms. The van der Waals surface area contributed by atoms with Crippen LogP contribution in [0.5, 0.6) is 0 Å². The molecule has 0 spiro atoms. The number of carbonyl (C=O) groups excluding carboxylic acids is 2. The summed E-state index contributed by atoms with van der Waals surface area (Å²) in [6.07, 6.45) is -0.421. The zero-order valence-corrected chi connectivity index (χ0v) is 14.8. The van der Waals surface area contributed by atoms with Gasteiger partial charge in [-0.25, -0.2) is 8.78 Å². The molecule has 1 aliphatic heterocycles. The molecule has 0 saturated carbocycles. The average Bonchev–Trinajstić information content (AvgIpc) is 3.24. The Morgan fingerprint density at radius 2 is 2.11 bits per heavy atom. The zero-order chi connectivity index (χ0) is 19.6. The van der Waals surface area contributed by atoms with Gasteiger partial charge in [0.15, 0.2) is 0 Å². The van der Waals surface area contributed by atoms with E-state index in [1.54, 1.807) is 17.5 Å².